The van der Waals surface area contributed by atoms with Crippen LogP contribution in [0.4, 0.5) is 0 Å². The maximum Gasteiger partial charge on any atom is 0.236 e. The summed E-state index contributed by atoms with van der Waals surface area (Å²) >= 11 is 0. The molecule has 0 radical (unpaired) electrons. The van der Waals surface area contributed by atoms with Crippen molar-refractivity contribution in [2.75, 3.05) is 46.8 Å². The summed E-state index contributed by atoms with van der Waals surface area (Å²) in [5.41, 5.74) is 0.985. The molecule has 0 bridgehead atoms. The van der Waals surface area contributed by atoms with Gasteiger partial charge in [0.1, 0.15) is 0 Å². The van der Waals surface area contributed by atoms with Crippen molar-refractivity contribution in [3.05, 3.63) is 35.9 Å². The second-order valence-electron chi connectivity index (χ2n) is 6.59. The van der Waals surface area contributed by atoms with Gasteiger partial charge in [0.2, 0.25) is 5.91 Å². The molecule has 1 aromatic carbocycles. The summed E-state index contributed by atoms with van der Waals surface area (Å²) in [7, 11) is 3.56. The van der Waals surface area contributed by atoms with Crippen LogP contribution in [0.1, 0.15) is 24.5 Å². The molecule has 0 unspecified atom stereocenters. The van der Waals surface area contributed by atoms with Crippen LogP contribution in [0.3, 0.4) is 0 Å². The first-order valence-corrected chi connectivity index (χ1v) is 8.42. The van der Waals surface area contributed by atoms with Crippen LogP contribution in [0.15, 0.2) is 30.3 Å². The van der Waals surface area contributed by atoms with E-state index in [1.807, 2.05) is 30.3 Å². The summed E-state index contributed by atoms with van der Waals surface area (Å²) < 4.78 is 0. The summed E-state index contributed by atoms with van der Waals surface area (Å²) in [5, 5.41) is 13.6. The van der Waals surface area contributed by atoms with E-state index in [9.17, 15) is 9.90 Å². The molecule has 5 nitrogen and oxygen atoms in total. The van der Waals surface area contributed by atoms with E-state index in [0.29, 0.717) is 19.0 Å². The third-order valence-corrected chi connectivity index (χ3v) is 4.53. The van der Waals surface area contributed by atoms with Crippen LogP contribution in [-0.4, -0.2) is 67.6 Å². The largest absolute Gasteiger partial charge is 0.387 e. The number of rotatable bonds is 7. The van der Waals surface area contributed by atoms with Gasteiger partial charge in [0, 0.05) is 20.6 Å². The molecule has 0 saturated carbocycles. The van der Waals surface area contributed by atoms with Gasteiger partial charge in [-0.15, -0.1) is 0 Å². The highest BCUT2D eigenvalue weighted by molar-refractivity contribution is 5.77. The number of piperidine rings is 1. The predicted molar refractivity (Wildman–Crippen MR) is 92.1 cm³/mol. The van der Waals surface area contributed by atoms with Gasteiger partial charge < -0.3 is 20.2 Å². The van der Waals surface area contributed by atoms with Gasteiger partial charge in [-0.25, -0.2) is 0 Å². The second kappa shape index (κ2) is 9.01. The number of carbonyl (C=O) groups excluding carboxylic acids is 1. The number of likely N-dealkylation sites (N-methyl/N-ethyl adjacent to an activating group) is 1. The minimum absolute atomic E-state index is 0.119. The maximum absolute atomic E-state index is 11.5. The Bertz CT molecular complexity index is 470. The van der Waals surface area contributed by atoms with Gasteiger partial charge in [0.25, 0.3) is 0 Å². The number of nitrogens with zero attached hydrogens (tertiary/aromatic N) is 2. The SMILES string of the molecule is CN(C)C(=O)CNCC1CCN(C[C@H](O)c2ccccc2)CC1. The fourth-order valence-corrected chi connectivity index (χ4v) is 2.94. The Morgan fingerprint density at radius 2 is 1.96 bits per heavy atom. The lowest BCUT2D eigenvalue weighted by atomic mass is 9.96. The molecule has 1 heterocycles. The van der Waals surface area contributed by atoms with Crippen molar-refractivity contribution in [1.82, 2.24) is 15.1 Å². The van der Waals surface area contributed by atoms with Gasteiger partial charge in [0.05, 0.1) is 12.6 Å². The van der Waals surface area contributed by atoms with Crippen molar-refractivity contribution in [3.63, 3.8) is 0 Å². The first-order chi connectivity index (χ1) is 11.1. The molecule has 5 heteroatoms. The Labute approximate surface area is 139 Å². The van der Waals surface area contributed by atoms with E-state index >= 15 is 0 Å². The maximum atomic E-state index is 11.5. The first kappa shape index (κ1) is 17.9. The fourth-order valence-electron chi connectivity index (χ4n) is 2.94. The number of benzene rings is 1. The quantitative estimate of drug-likeness (QED) is 0.790. The van der Waals surface area contributed by atoms with E-state index in [1.54, 1.807) is 19.0 Å². The van der Waals surface area contributed by atoms with Crippen molar-refractivity contribution in [2.45, 2.75) is 18.9 Å². The Morgan fingerprint density at radius 3 is 2.57 bits per heavy atom. The molecule has 0 spiro atoms. The van der Waals surface area contributed by atoms with Crippen LogP contribution < -0.4 is 5.32 Å². The number of carbonyl (C=O) groups is 1. The van der Waals surface area contributed by atoms with Crippen molar-refractivity contribution < 1.29 is 9.90 Å². The topological polar surface area (TPSA) is 55.8 Å². The summed E-state index contributed by atoms with van der Waals surface area (Å²) in [5.74, 6) is 0.739. The Balaban J connectivity index is 1.65. The summed E-state index contributed by atoms with van der Waals surface area (Å²) in [6.07, 6.45) is 1.82. The molecule has 1 fully saturated rings. The number of likely N-dealkylation sites (tertiary alicyclic amines) is 1. The minimum atomic E-state index is -0.413. The van der Waals surface area contributed by atoms with Gasteiger partial charge >= 0.3 is 0 Å². The average molecular weight is 319 g/mol. The zero-order valence-corrected chi connectivity index (χ0v) is 14.2. The number of hydrogen-bond donors (Lipinski definition) is 2. The lowest BCUT2D eigenvalue weighted by Crippen LogP contribution is -2.41. The summed E-state index contributed by atoms with van der Waals surface area (Å²) in [6.45, 7) is 4.04. The number of hydrogen-bond acceptors (Lipinski definition) is 4. The number of aliphatic hydroxyl groups is 1. The third-order valence-electron chi connectivity index (χ3n) is 4.53. The van der Waals surface area contributed by atoms with Gasteiger partial charge in [0.15, 0.2) is 0 Å². The monoisotopic (exact) mass is 319 g/mol. The van der Waals surface area contributed by atoms with Gasteiger partial charge in [-0.2, -0.15) is 0 Å². The van der Waals surface area contributed by atoms with E-state index in [0.717, 1.165) is 38.0 Å². The van der Waals surface area contributed by atoms with Crippen LogP contribution in [0.5, 0.6) is 0 Å². The number of nitrogens with one attached hydrogen (secondary N) is 1. The molecule has 2 N–H and O–H groups in total. The molecule has 128 valence electrons. The van der Waals surface area contributed by atoms with Crippen LogP contribution in [0.25, 0.3) is 0 Å². The average Bonchev–Trinajstić information content (AvgIpc) is 2.57. The van der Waals surface area contributed by atoms with Crippen LogP contribution in [0.2, 0.25) is 0 Å². The Kier molecular flexibility index (Phi) is 7.02. The molecule has 2 rings (SSSR count). The highest BCUT2D eigenvalue weighted by Gasteiger charge is 2.21. The van der Waals surface area contributed by atoms with Crippen molar-refractivity contribution in [1.29, 1.82) is 0 Å². The van der Waals surface area contributed by atoms with E-state index in [-0.39, 0.29) is 5.91 Å². The minimum Gasteiger partial charge on any atom is -0.387 e. The fraction of sp³-hybridized carbons (Fsp3) is 0.611. The Hall–Kier alpha value is -1.43. The van der Waals surface area contributed by atoms with Gasteiger partial charge in [-0.1, -0.05) is 30.3 Å². The molecule has 0 aromatic heterocycles. The number of aliphatic hydroxyl groups excluding tert-OH is 1. The predicted octanol–water partition coefficient (Wildman–Crippen LogP) is 1.11. The van der Waals surface area contributed by atoms with E-state index in [2.05, 4.69) is 10.2 Å². The van der Waals surface area contributed by atoms with Crippen LogP contribution in [0, 0.1) is 5.92 Å². The number of amides is 1. The normalized spacial score (nSPS) is 17.9. The molecule has 1 saturated heterocycles. The summed E-state index contributed by atoms with van der Waals surface area (Å²) in [6, 6.07) is 9.85. The van der Waals surface area contributed by atoms with Gasteiger partial charge in [-0.3, -0.25) is 4.79 Å². The highest BCUT2D eigenvalue weighted by Crippen LogP contribution is 2.20. The molecule has 23 heavy (non-hydrogen) atoms. The molecule has 1 aliphatic rings. The van der Waals surface area contributed by atoms with Crippen molar-refractivity contribution in [2.24, 2.45) is 5.92 Å². The molecule has 1 amide bonds. The molecular weight excluding hydrogens is 290 g/mol. The van der Waals surface area contributed by atoms with Crippen molar-refractivity contribution >= 4 is 5.91 Å². The standard InChI is InChI=1S/C18H29N3O2/c1-20(2)18(23)13-19-12-15-8-10-21(11-9-15)14-17(22)16-6-4-3-5-7-16/h3-7,15,17,19,22H,8-14H2,1-2H3/t17-/m0/s1. The third kappa shape index (κ3) is 5.94. The zero-order chi connectivity index (χ0) is 16.7. The van der Waals surface area contributed by atoms with E-state index in [4.69, 9.17) is 0 Å². The lowest BCUT2D eigenvalue weighted by molar-refractivity contribution is -0.127. The van der Waals surface area contributed by atoms with Crippen LogP contribution in [-0.2, 0) is 4.79 Å². The van der Waals surface area contributed by atoms with Crippen LogP contribution >= 0.6 is 0 Å². The molecule has 1 atom stereocenters. The summed E-state index contributed by atoms with van der Waals surface area (Å²) in [4.78, 5) is 15.5. The smallest absolute Gasteiger partial charge is 0.236 e. The van der Waals surface area contributed by atoms with Crippen molar-refractivity contribution in [3.8, 4) is 0 Å². The van der Waals surface area contributed by atoms with Gasteiger partial charge in [-0.05, 0) is 44.0 Å². The van der Waals surface area contributed by atoms with E-state index < -0.39 is 6.10 Å². The molecule has 1 aromatic rings. The highest BCUT2D eigenvalue weighted by atomic mass is 16.3. The van der Waals surface area contributed by atoms with E-state index in [1.165, 1.54) is 0 Å². The Morgan fingerprint density at radius 1 is 1.30 bits per heavy atom. The molecular formula is C18H29N3O2. The zero-order valence-electron chi connectivity index (χ0n) is 14.2. The molecule has 1 aliphatic heterocycles. The second-order valence-corrected chi connectivity index (χ2v) is 6.59. The molecule has 0 aliphatic carbocycles. The first-order valence-electron chi connectivity index (χ1n) is 8.42. The number of β-amino-alcohol motifs (C(OH)–C–C–N with tert-alkyl or cyclic N) is 1. The lowest BCUT2D eigenvalue weighted by Gasteiger charge is -2.33.